The number of rotatable bonds is 10. The van der Waals surface area contributed by atoms with Crippen LogP contribution in [0.3, 0.4) is 0 Å². The zero-order valence-corrected chi connectivity index (χ0v) is 17.7. The van der Waals surface area contributed by atoms with Gasteiger partial charge in [0.05, 0.1) is 14.2 Å². The molecule has 0 aliphatic heterocycles. The summed E-state index contributed by atoms with van der Waals surface area (Å²) < 4.78 is 5.11. The Hall–Kier alpha value is -2.86. The second-order valence-corrected chi connectivity index (χ2v) is 7.28. The fourth-order valence-corrected chi connectivity index (χ4v) is 3.11. The van der Waals surface area contributed by atoms with Crippen LogP contribution < -0.4 is 20.3 Å². The molecule has 2 rings (SSSR count). The Morgan fingerprint density at radius 1 is 1.07 bits per heavy atom. The molecule has 1 unspecified atom stereocenters. The minimum Gasteiger partial charge on any atom is -0.497 e. The van der Waals surface area contributed by atoms with E-state index in [4.69, 9.17) is 4.74 Å². The van der Waals surface area contributed by atoms with E-state index in [2.05, 4.69) is 29.7 Å². The summed E-state index contributed by atoms with van der Waals surface area (Å²) >= 11 is 0. The summed E-state index contributed by atoms with van der Waals surface area (Å²) in [5.74, 6) is 0.833. The van der Waals surface area contributed by atoms with Crippen molar-refractivity contribution in [2.24, 2.45) is 0 Å². The maximum absolute atomic E-state index is 12.6. The standard InChI is InChI=1S/C23H31N3O3/c1-5-18(19-9-7-6-8-10-19)15-24-23(28)17(2)26(3)16-22(27)25-20-11-13-21(29-4)14-12-20/h6-14,17-18H,5,15-16H2,1-4H3,(H,24,28)(H,25,27)/p+1/t17-,18+/m0/s1. The van der Waals surface area contributed by atoms with Crippen LogP contribution in [0.4, 0.5) is 5.69 Å². The number of methoxy groups -OCH3 is 1. The van der Waals surface area contributed by atoms with Gasteiger partial charge in [0.25, 0.3) is 11.8 Å². The van der Waals surface area contributed by atoms with Gasteiger partial charge in [0.2, 0.25) is 0 Å². The zero-order valence-electron chi connectivity index (χ0n) is 17.7. The van der Waals surface area contributed by atoms with Crippen molar-refractivity contribution >= 4 is 17.5 Å². The van der Waals surface area contributed by atoms with E-state index in [1.54, 1.807) is 31.4 Å². The number of amides is 2. The van der Waals surface area contributed by atoms with Crippen molar-refractivity contribution in [3.05, 3.63) is 60.2 Å². The summed E-state index contributed by atoms with van der Waals surface area (Å²) in [6.07, 6.45) is 0.950. The van der Waals surface area contributed by atoms with Crippen molar-refractivity contribution in [1.29, 1.82) is 0 Å². The van der Waals surface area contributed by atoms with Crippen LogP contribution in [0.25, 0.3) is 0 Å². The Morgan fingerprint density at radius 3 is 2.31 bits per heavy atom. The summed E-state index contributed by atoms with van der Waals surface area (Å²) in [5, 5.41) is 5.89. The first kappa shape index (κ1) is 22.4. The van der Waals surface area contributed by atoms with Crippen LogP contribution >= 0.6 is 0 Å². The van der Waals surface area contributed by atoms with Crippen LogP contribution in [-0.2, 0) is 9.59 Å². The van der Waals surface area contributed by atoms with Gasteiger partial charge < -0.3 is 20.3 Å². The lowest BCUT2D eigenvalue weighted by Gasteiger charge is -2.22. The number of carbonyl (C=O) groups is 2. The van der Waals surface area contributed by atoms with Crippen molar-refractivity contribution in [1.82, 2.24) is 5.32 Å². The number of ether oxygens (including phenoxy) is 1. The third-order valence-electron chi connectivity index (χ3n) is 5.23. The Kier molecular flexibility index (Phi) is 8.68. The minimum absolute atomic E-state index is 0.0471. The molecule has 0 spiro atoms. The van der Waals surface area contributed by atoms with Crippen LogP contribution in [0.1, 0.15) is 31.7 Å². The van der Waals surface area contributed by atoms with Gasteiger partial charge in [0.1, 0.15) is 5.75 Å². The highest BCUT2D eigenvalue weighted by Crippen LogP contribution is 2.18. The molecule has 3 atom stereocenters. The average Bonchev–Trinajstić information content (AvgIpc) is 2.74. The maximum Gasteiger partial charge on any atom is 0.279 e. The largest absolute Gasteiger partial charge is 0.497 e. The number of hydrogen-bond acceptors (Lipinski definition) is 3. The molecule has 3 N–H and O–H groups in total. The number of anilines is 1. The lowest BCUT2D eigenvalue weighted by Crippen LogP contribution is -3.15. The molecule has 0 aliphatic rings. The molecule has 6 heteroatoms. The summed E-state index contributed by atoms with van der Waals surface area (Å²) in [4.78, 5) is 25.7. The average molecular weight is 399 g/mol. The van der Waals surface area contributed by atoms with Gasteiger partial charge in [-0.05, 0) is 43.2 Å². The van der Waals surface area contributed by atoms with E-state index in [0.717, 1.165) is 17.1 Å². The Bertz CT molecular complexity index is 778. The van der Waals surface area contributed by atoms with E-state index in [0.29, 0.717) is 12.2 Å². The summed E-state index contributed by atoms with van der Waals surface area (Å²) in [7, 11) is 3.45. The van der Waals surface area contributed by atoms with Crippen LogP contribution in [0, 0.1) is 0 Å². The van der Waals surface area contributed by atoms with Gasteiger partial charge in [-0.3, -0.25) is 9.59 Å². The SMILES string of the molecule is CC[C@H](CNC(=O)[C@H](C)[NH+](C)CC(=O)Nc1ccc(OC)cc1)c1ccccc1. The molecule has 29 heavy (non-hydrogen) atoms. The highest BCUT2D eigenvalue weighted by molar-refractivity contribution is 5.91. The number of carbonyl (C=O) groups excluding carboxylic acids is 2. The van der Waals surface area contributed by atoms with Gasteiger partial charge in [-0.1, -0.05) is 37.3 Å². The molecule has 2 aromatic rings. The molecule has 0 aliphatic carbocycles. The molecule has 0 heterocycles. The number of benzene rings is 2. The van der Waals surface area contributed by atoms with Crippen molar-refractivity contribution in [2.75, 3.05) is 32.6 Å². The molecule has 0 bridgehead atoms. The van der Waals surface area contributed by atoms with Gasteiger partial charge in [-0.15, -0.1) is 0 Å². The van der Waals surface area contributed by atoms with E-state index in [-0.39, 0.29) is 30.3 Å². The van der Waals surface area contributed by atoms with Gasteiger partial charge in [-0.25, -0.2) is 0 Å². The van der Waals surface area contributed by atoms with Gasteiger partial charge in [0, 0.05) is 18.2 Å². The number of nitrogens with one attached hydrogen (secondary N) is 3. The first-order valence-electron chi connectivity index (χ1n) is 10.0. The van der Waals surface area contributed by atoms with Gasteiger partial charge >= 0.3 is 0 Å². The molecule has 0 fully saturated rings. The molecule has 6 nitrogen and oxygen atoms in total. The fourth-order valence-electron chi connectivity index (χ4n) is 3.11. The van der Waals surface area contributed by atoms with E-state index in [1.165, 1.54) is 5.56 Å². The Balaban J connectivity index is 1.82. The molecule has 0 radical (unpaired) electrons. The first-order valence-corrected chi connectivity index (χ1v) is 10.0. The van der Waals surface area contributed by atoms with Gasteiger partial charge in [-0.2, -0.15) is 0 Å². The highest BCUT2D eigenvalue weighted by Gasteiger charge is 2.24. The second kappa shape index (κ2) is 11.2. The normalized spacial score (nSPS) is 13.8. The molecular weight excluding hydrogens is 366 g/mol. The number of likely N-dealkylation sites (N-methyl/N-ethyl adjacent to an activating group) is 1. The quantitative estimate of drug-likeness (QED) is 0.572. The van der Waals surface area contributed by atoms with Crippen molar-refractivity contribution in [2.45, 2.75) is 32.2 Å². The van der Waals surface area contributed by atoms with Crippen LogP contribution in [0.15, 0.2) is 54.6 Å². The monoisotopic (exact) mass is 398 g/mol. The first-order chi connectivity index (χ1) is 13.9. The van der Waals surface area contributed by atoms with E-state index in [9.17, 15) is 9.59 Å². The zero-order chi connectivity index (χ0) is 21.2. The van der Waals surface area contributed by atoms with Crippen LogP contribution in [0.2, 0.25) is 0 Å². The molecule has 2 amide bonds. The number of quaternary nitrogens is 1. The van der Waals surface area contributed by atoms with E-state index < -0.39 is 0 Å². The third-order valence-corrected chi connectivity index (χ3v) is 5.23. The predicted molar refractivity (Wildman–Crippen MR) is 115 cm³/mol. The second-order valence-electron chi connectivity index (χ2n) is 7.28. The molecule has 156 valence electrons. The Morgan fingerprint density at radius 2 is 1.72 bits per heavy atom. The van der Waals surface area contributed by atoms with E-state index >= 15 is 0 Å². The molecule has 0 aromatic heterocycles. The maximum atomic E-state index is 12.6. The summed E-state index contributed by atoms with van der Waals surface area (Å²) in [6.45, 7) is 4.76. The number of hydrogen-bond donors (Lipinski definition) is 3. The summed E-state index contributed by atoms with van der Waals surface area (Å²) in [5.41, 5.74) is 1.93. The molecule has 0 saturated heterocycles. The topological polar surface area (TPSA) is 71.9 Å². The van der Waals surface area contributed by atoms with Crippen LogP contribution in [-0.4, -0.2) is 45.1 Å². The minimum atomic E-state index is -0.329. The predicted octanol–water partition coefficient (Wildman–Crippen LogP) is 1.85. The van der Waals surface area contributed by atoms with Crippen molar-refractivity contribution < 1.29 is 19.2 Å². The van der Waals surface area contributed by atoms with Gasteiger partial charge in [0.15, 0.2) is 12.6 Å². The van der Waals surface area contributed by atoms with Crippen LogP contribution in [0.5, 0.6) is 5.75 Å². The van der Waals surface area contributed by atoms with Crippen molar-refractivity contribution in [3.8, 4) is 5.75 Å². The molecule has 2 aromatic carbocycles. The molecule has 0 saturated carbocycles. The molecular formula is C23H32N3O3+. The smallest absolute Gasteiger partial charge is 0.279 e. The third kappa shape index (κ3) is 6.91. The lowest BCUT2D eigenvalue weighted by molar-refractivity contribution is -0.885. The fraction of sp³-hybridized carbons (Fsp3) is 0.391. The summed E-state index contributed by atoms with van der Waals surface area (Å²) in [6, 6.07) is 17.0. The van der Waals surface area contributed by atoms with Crippen molar-refractivity contribution in [3.63, 3.8) is 0 Å². The highest BCUT2D eigenvalue weighted by atomic mass is 16.5. The Labute approximate surface area is 173 Å². The van der Waals surface area contributed by atoms with E-state index in [1.807, 2.05) is 32.2 Å². The lowest BCUT2D eigenvalue weighted by atomic mass is 9.96.